The Morgan fingerprint density at radius 1 is 0.234 bits per heavy atom. The molecular formula is C60H88N4+4. The van der Waals surface area contributed by atoms with Crippen LogP contribution in [0.5, 0.6) is 0 Å². The van der Waals surface area contributed by atoms with E-state index in [-0.39, 0.29) is 0 Å². The summed E-state index contributed by atoms with van der Waals surface area (Å²) in [5, 5.41) is 0. The van der Waals surface area contributed by atoms with Crippen LogP contribution in [0.25, 0.3) is 0 Å². The van der Waals surface area contributed by atoms with Gasteiger partial charge in [-0.05, 0) is 127 Å². The largest absolute Gasteiger partial charge is 0.205 e. The molecule has 4 nitrogen and oxygen atoms in total. The second kappa shape index (κ2) is 34.0. The third kappa shape index (κ3) is 24.0. The number of nitrogens with zero attached hydrogens (tertiary/aromatic N) is 4. The Morgan fingerprint density at radius 2 is 0.453 bits per heavy atom. The molecule has 4 aromatic rings. The maximum atomic E-state index is 2.41. The van der Waals surface area contributed by atoms with Crippen LogP contribution in [-0.4, -0.2) is 0 Å². The molecule has 0 amide bonds. The van der Waals surface area contributed by atoms with Gasteiger partial charge in [-0.15, -0.1) is 0 Å². The summed E-state index contributed by atoms with van der Waals surface area (Å²) in [6.45, 7) is 4.29. The van der Waals surface area contributed by atoms with E-state index in [2.05, 4.69) is 165 Å². The van der Waals surface area contributed by atoms with E-state index >= 15 is 0 Å². The first-order valence-corrected chi connectivity index (χ1v) is 26.3. The van der Waals surface area contributed by atoms with Gasteiger partial charge in [0.2, 0.25) is 0 Å². The molecule has 344 valence electrons. The Labute approximate surface area is 391 Å². The predicted molar refractivity (Wildman–Crippen MR) is 269 cm³/mol. The summed E-state index contributed by atoms with van der Waals surface area (Å²) in [5.74, 6) is 0. The lowest BCUT2D eigenvalue weighted by Gasteiger charge is -2.02. The molecule has 5 rings (SSSR count). The van der Waals surface area contributed by atoms with Crippen molar-refractivity contribution in [3.8, 4) is 0 Å². The van der Waals surface area contributed by atoms with Gasteiger partial charge in [0.25, 0.3) is 0 Å². The lowest BCUT2D eigenvalue weighted by atomic mass is 10.1. The van der Waals surface area contributed by atoms with Crippen molar-refractivity contribution in [1.29, 1.82) is 0 Å². The number of aromatic nitrogens is 4. The molecule has 4 heteroatoms. The van der Waals surface area contributed by atoms with Gasteiger partial charge >= 0.3 is 0 Å². The Morgan fingerprint density at radius 3 is 0.703 bits per heavy atom. The number of hydrogen-bond acceptors (Lipinski definition) is 0. The first kappa shape index (κ1) is 50.6. The van der Waals surface area contributed by atoms with Crippen LogP contribution in [0.1, 0.15) is 176 Å². The summed E-state index contributed by atoms with van der Waals surface area (Å²) >= 11 is 0. The molecule has 0 atom stereocenters. The zero-order valence-electron chi connectivity index (χ0n) is 40.3. The van der Waals surface area contributed by atoms with Crippen molar-refractivity contribution >= 4 is 0 Å². The molecule has 0 unspecified atom stereocenters. The van der Waals surface area contributed by atoms with Gasteiger partial charge in [0.1, 0.15) is 0 Å². The van der Waals surface area contributed by atoms with E-state index in [1.165, 1.54) is 176 Å². The molecule has 0 fully saturated rings. The van der Waals surface area contributed by atoms with Crippen molar-refractivity contribution in [2.75, 3.05) is 0 Å². The zero-order valence-corrected chi connectivity index (χ0v) is 40.3. The minimum atomic E-state index is 1.07. The second-order valence-electron chi connectivity index (χ2n) is 18.7. The predicted octanol–water partition coefficient (Wildman–Crippen LogP) is 13.7. The summed E-state index contributed by atoms with van der Waals surface area (Å²) in [7, 11) is 0. The van der Waals surface area contributed by atoms with Crippen LogP contribution >= 0.6 is 0 Å². The van der Waals surface area contributed by atoms with Crippen molar-refractivity contribution in [3.05, 3.63) is 169 Å². The summed E-state index contributed by atoms with van der Waals surface area (Å²) in [5.41, 5.74) is 5.92. The number of pyridine rings is 4. The molecule has 64 heavy (non-hydrogen) atoms. The lowest BCUT2D eigenvalue weighted by Crippen LogP contribution is -2.32. The Bertz CT molecular complexity index is 1640. The Balaban J connectivity index is 0.998. The minimum Gasteiger partial charge on any atom is -0.205 e. The first-order valence-electron chi connectivity index (χ1n) is 26.3. The Kier molecular flexibility index (Phi) is 26.8. The van der Waals surface area contributed by atoms with E-state index in [0.29, 0.717) is 0 Å². The van der Waals surface area contributed by atoms with Gasteiger partial charge in [-0.25, -0.2) is 18.3 Å². The lowest BCUT2D eigenvalue weighted by molar-refractivity contribution is -0.696. The second-order valence-corrected chi connectivity index (χ2v) is 18.7. The molecule has 5 heterocycles. The highest BCUT2D eigenvalue weighted by Crippen LogP contribution is 2.13. The highest BCUT2D eigenvalue weighted by molar-refractivity contribution is 5.07. The van der Waals surface area contributed by atoms with E-state index in [1.54, 1.807) is 0 Å². The average Bonchev–Trinajstić information content (AvgIpc) is 3.31. The summed E-state index contributed by atoms with van der Waals surface area (Å²) in [4.78, 5) is 0. The van der Waals surface area contributed by atoms with Crippen LogP contribution in [0.15, 0.2) is 147 Å². The first-order chi connectivity index (χ1) is 31.8. The van der Waals surface area contributed by atoms with E-state index in [1.807, 2.05) is 0 Å². The minimum absolute atomic E-state index is 1.07. The molecule has 4 aromatic heterocycles. The fourth-order valence-corrected chi connectivity index (χ4v) is 9.07. The number of rotatable bonds is 0. The Hall–Kier alpha value is -4.44. The highest BCUT2D eigenvalue weighted by Gasteiger charge is 2.06. The van der Waals surface area contributed by atoms with Crippen LogP contribution in [0.4, 0.5) is 0 Å². The molecule has 0 aliphatic carbocycles. The van der Waals surface area contributed by atoms with Gasteiger partial charge in [-0.2, -0.15) is 0 Å². The molecule has 8 bridgehead atoms. The van der Waals surface area contributed by atoms with Crippen LogP contribution in [0, 0.1) is 0 Å². The average molecular weight is 865 g/mol. The van der Waals surface area contributed by atoms with Gasteiger partial charge in [-0.3, -0.25) is 0 Å². The fourth-order valence-electron chi connectivity index (χ4n) is 9.07. The standard InChI is InChI=1S/C60H88N4/c1-5-13-21-29-45-61-49-34-42-58(54-61)38-26-18-10-3-7-15-23-31-47-63-51-36-44-60(56-63)40-28-20-12-4-8-16-24-32-48-64-52-35-43-59(55-64)39-27-19-11-2-6-14-22-30-46-62-50-33-41-57(53-62)37-25-17-9-1/h13-16,21-24,33-36,41-44,49-56H,1-12,17-20,25-32,37-40,45-48H2/q+4. The number of allylic oxidation sites excluding steroid dienone is 8. The summed E-state index contributed by atoms with van der Waals surface area (Å²) in [6.07, 6.45) is 72.7. The maximum absolute atomic E-state index is 2.41. The molecule has 0 saturated heterocycles. The van der Waals surface area contributed by atoms with E-state index in [0.717, 1.165) is 51.9 Å². The molecule has 0 aromatic carbocycles. The SMILES string of the molecule is C1=CCC[n+]2cccc(c2)CCCCCCC=CCC[n+]2cccc(c2)CCCCCCC=CCC[n+]2cccc(c2)CCCCCCC=CCC[n+]2cccc(c2)CCCCCC1. The monoisotopic (exact) mass is 865 g/mol. The van der Waals surface area contributed by atoms with E-state index < -0.39 is 0 Å². The van der Waals surface area contributed by atoms with Gasteiger partial charge in [0, 0.05) is 72.2 Å². The summed E-state index contributed by atoms with van der Waals surface area (Å²) < 4.78 is 9.54. The quantitative estimate of drug-likeness (QED) is 0.124. The van der Waals surface area contributed by atoms with Gasteiger partial charge in [0.05, 0.1) is 0 Å². The van der Waals surface area contributed by atoms with Crippen molar-refractivity contribution in [3.63, 3.8) is 0 Å². The topological polar surface area (TPSA) is 15.5 Å². The van der Waals surface area contributed by atoms with Gasteiger partial charge in [-0.1, -0.05) is 100.0 Å². The fraction of sp³-hybridized carbons (Fsp3) is 0.533. The van der Waals surface area contributed by atoms with E-state index in [4.69, 9.17) is 0 Å². The molecule has 0 saturated carbocycles. The normalized spacial score (nSPS) is 18.2. The van der Waals surface area contributed by atoms with Crippen molar-refractivity contribution in [2.45, 2.75) is 206 Å². The zero-order chi connectivity index (χ0) is 44.2. The van der Waals surface area contributed by atoms with Crippen LogP contribution in [0.3, 0.4) is 0 Å². The molecule has 1 aliphatic rings. The maximum Gasteiger partial charge on any atom is 0.171 e. The van der Waals surface area contributed by atoms with Gasteiger partial charge < -0.3 is 0 Å². The third-order valence-corrected chi connectivity index (χ3v) is 12.9. The third-order valence-electron chi connectivity index (χ3n) is 12.9. The number of fused-ring (bicyclic) bond motifs is 8. The molecule has 1 aliphatic heterocycles. The number of aryl methyl sites for hydroxylation is 8. The molecule has 0 spiro atoms. The highest BCUT2D eigenvalue weighted by atomic mass is 14.9. The van der Waals surface area contributed by atoms with Gasteiger partial charge in [0.15, 0.2) is 75.8 Å². The van der Waals surface area contributed by atoms with E-state index in [9.17, 15) is 0 Å². The molecule has 0 radical (unpaired) electrons. The molecule has 0 N–H and O–H groups in total. The van der Waals surface area contributed by atoms with Crippen LogP contribution in [-0.2, 0) is 51.9 Å². The smallest absolute Gasteiger partial charge is 0.171 e. The van der Waals surface area contributed by atoms with Crippen LogP contribution in [0.2, 0.25) is 0 Å². The summed E-state index contributed by atoms with van der Waals surface area (Å²) in [6, 6.07) is 18.2. The van der Waals surface area contributed by atoms with Crippen molar-refractivity contribution < 1.29 is 18.3 Å². The van der Waals surface area contributed by atoms with Crippen LogP contribution < -0.4 is 18.3 Å². The number of hydrogen-bond donors (Lipinski definition) is 0. The van der Waals surface area contributed by atoms with Crippen molar-refractivity contribution in [1.82, 2.24) is 0 Å². The van der Waals surface area contributed by atoms with Crippen molar-refractivity contribution in [2.24, 2.45) is 0 Å². The molecular weight excluding hydrogens is 777 g/mol.